The van der Waals surface area contributed by atoms with Gasteiger partial charge in [0.25, 0.3) is 0 Å². The molecule has 1 N–H and O–H groups in total. The lowest BCUT2D eigenvalue weighted by Crippen LogP contribution is -2.27. The lowest BCUT2D eigenvalue weighted by atomic mass is 9.85. The fourth-order valence-corrected chi connectivity index (χ4v) is 1.48. The number of rotatable bonds is 5. The number of hydrogen-bond donors (Lipinski definition) is 1. The SMILES string of the molecule is CCOCCC1(CO)CCOC1. The lowest BCUT2D eigenvalue weighted by Gasteiger charge is -2.23. The van der Waals surface area contributed by atoms with Gasteiger partial charge in [-0.1, -0.05) is 0 Å². The van der Waals surface area contributed by atoms with Crippen molar-refractivity contribution in [3.63, 3.8) is 0 Å². The Labute approximate surface area is 73.7 Å². The van der Waals surface area contributed by atoms with Crippen LogP contribution in [0.5, 0.6) is 0 Å². The fraction of sp³-hybridized carbons (Fsp3) is 1.00. The average molecular weight is 174 g/mol. The van der Waals surface area contributed by atoms with Crippen molar-refractivity contribution in [2.75, 3.05) is 33.0 Å². The van der Waals surface area contributed by atoms with Crippen LogP contribution < -0.4 is 0 Å². The van der Waals surface area contributed by atoms with E-state index in [-0.39, 0.29) is 12.0 Å². The van der Waals surface area contributed by atoms with E-state index in [1.807, 2.05) is 6.92 Å². The molecule has 0 aromatic heterocycles. The minimum Gasteiger partial charge on any atom is -0.396 e. The highest BCUT2D eigenvalue weighted by Gasteiger charge is 2.33. The van der Waals surface area contributed by atoms with Crippen LogP contribution in [0.25, 0.3) is 0 Å². The van der Waals surface area contributed by atoms with E-state index >= 15 is 0 Å². The largest absolute Gasteiger partial charge is 0.396 e. The Balaban J connectivity index is 2.24. The summed E-state index contributed by atoms with van der Waals surface area (Å²) in [5, 5.41) is 9.18. The molecule has 1 rings (SSSR count). The lowest BCUT2D eigenvalue weighted by molar-refractivity contribution is 0.0491. The third kappa shape index (κ3) is 2.44. The average Bonchev–Trinajstić information content (AvgIpc) is 2.55. The summed E-state index contributed by atoms with van der Waals surface area (Å²) in [6, 6.07) is 0. The van der Waals surface area contributed by atoms with Gasteiger partial charge < -0.3 is 14.6 Å². The summed E-state index contributed by atoms with van der Waals surface area (Å²) in [7, 11) is 0. The Hall–Kier alpha value is -0.120. The van der Waals surface area contributed by atoms with Crippen molar-refractivity contribution < 1.29 is 14.6 Å². The third-order valence-corrected chi connectivity index (χ3v) is 2.50. The van der Waals surface area contributed by atoms with E-state index in [1.165, 1.54) is 0 Å². The molecule has 0 spiro atoms. The molecule has 12 heavy (non-hydrogen) atoms. The molecule has 1 aliphatic rings. The first-order chi connectivity index (χ1) is 5.83. The Bertz CT molecular complexity index is 119. The summed E-state index contributed by atoms with van der Waals surface area (Å²) in [5.74, 6) is 0. The molecule has 0 amide bonds. The zero-order chi connectivity index (χ0) is 8.86. The Morgan fingerprint density at radius 1 is 1.58 bits per heavy atom. The van der Waals surface area contributed by atoms with Crippen LogP contribution in [0, 0.1) is 5.41 Å². The Kier molecular flexibility index (Phi) is 3.98. The maximum absolute atomic E-state index is 9.18. The summed E-state index contributed by atoms with van der Waals surface area (Å²) in [4.78, 5) is 0. The number of ether oxygens (including phenoxy) is 2. The second kappa shape index (κ2) is 4.80. The molecule has 0 saturated carbocycles. The second-order valence-electron chi connectivity index (χ2n) is 3.41. The van der Waals surface area contributed by atoms with Crippen LogP contribution in [0.15, 0.2) is 0 Å². The topological polar surface area (TPSA) is 38.7 Å². The molecule has 1 fully saturated rings. The van der Waals surface area contributed by atoms with Gasteiger partial charge in [0.15, 0.2) is 0 Å². The Morgan fingerprint density at radius 2 is 2.42 bits per heavy atom. The highest BCUT2D eigenvalue weighted by molar-refractivity contribution is 4.82. The van der Waals surface area contributed by atoms with Crippen molar-refractivity contribution >= 4 is 0 Å². The molecule has 3 nitrogen and oxygen atoms in total. The van der Waals surface area contributed by atoms with E-state index in [1.54, 1.807) is 0 Å². The van der Waals surface area contributed by atoms with Crippen LogP contribution in [0.2, 0.25) is 0 Å². The first-order valence-electron chi connectivity index (χ1n) is 4.59. The van der Waals surface area contributed by atoms with E-state index in [0.717, 1.165) is 32.7 Å². The van der Waals surface area contributed by atoms with E-state index in [4.69, 9.17) is 9.47 Å². The summed E-state index contributed by atoms with van der Waals surface area (Å²) in [6.45, 7) is 5.17. The van der Waals surface area contributed by atoms with Crippen LogP contribution in [0.4, 0.5) is 0 Å². The van der Waals surface area contributed by atoms with Crippen molar-refractivity contribution in [2.45, 2.75) is 19.8 Å². The molecule has 3 heteroatoms. The van der Waals surface area contributed by atoms with Crippen LogP contribution in [-0.2, 0) is 9.47 Å². The molecule has 0 aliphatic carbocycles. The molecule has 0 aromatic rings. The van der Waals surface area contributed by atoms with Crippen molar-refractivity contribution in [1.82, 2.24) is 0 Å². The van der Waals surface area contributed by atoms with E-state index < -0.39 is 0 Å². The van der Waals surface area contributed by atoms with Crippen LogP contribution in [0.1, 0.15) is 19.8 Å². The molecule has 1 aliphatic heterocycles. The third-order valence-electron chi connectivity index (χ3n) is 2.50. The van der Waals surface area contributed by atoms with Gasteiger partial charge in [-0.25, -0.2) is 0 Å². The zero-order valence-corrected chi connectivity index (χ0v) is 7.71. The molecule has 0 bridgehead atoms. The summed E-state index contributed by atoms with van der Waals surface area (Å²) < 4.78 is 10.5. The summed E-state index contributed by atoms with van der Waals surface area (Å²) >= 11 is 0. The summed E-state index contributed by atoms with van der Waals surface area (Å²) in [5.41, 5.74) is -0.00479. The van der Waals surface area contributed by atoms with Gasteiger partial charge in [-0.05, 0) is 19.8 Å². The van der Waals surface area contributed by atoms with Gasteiger partial charge in [-0.15, -0.1) is 0 Å². The number of hydrogen-bond acceptors (Lipinski definition) is 3. The van der Waals surface area contributed by atoms with Crippen LogP contribution in [-0.4, -0.2) is 38.1 Å². The highest BCUT2D eigenvalue weighted by atomic mass is 16.5. The minimum absolute atomic E-state index is 0.00479. The van der Waals surface area contributed by atoms with Gasteiger partial charge in [0.1, 0.15) is 0 Å². The summed E-state index contributed by atoms with van der Waals surface area (Å²) in [6.07, 6.45) is 1.88. The van der Waals surface area contributed by atoms with Crippen molar-refractivity contribution in [3.8, 4) is 0 Å². The molecule has 1 unspecified atom stereocenters. The van der Waals surface area contributed by atoms with Gasteiger partial charge >= 0.3 is 0 Å². The van der Waals surface area contributed by atoms with Crippen molar-refractivity contribution in [2.24, 2.45) is 5.41 Å². The maximum Gasteiger partial charge on any atom is 0.0546 e. The molecular weight excluding hydrogens is 156 g/mol. The van der Waals surface area contributed by atoms with Crippen molar-refractivity contribution in [3.05, 3.63) is 0 Å². The van der Waals surface area contributed by atoms with Crippen molar-refractivity contribution in [1.29, 1.82) is 0 Å². The second-order valence-corrected chi connectivity index (χ2v) is 3.41. The van der Waals surface area contributed by atoms with Gasteiger partial charge in [-0.2, -0.15) is 0 Å². The van der Waals surface area contributed by atoms with E-state index in [2.05, 4.69) is 0 Å². The predicted octanol–water partition coefficient (Wildman–Crippen LogP) is 0.812. The number of aliphatic hydroxyl groups excluding tert-OH is 1. The molecule has 1 saturated heterocycles. The first kappa shape index (κ1) is 9.96. The fourth-order valence-electron chi connectivity index (χ4n) is 1.48. The molecule has 0 radical (unpaired) electrons. The minimum atomic E-state index is -0.00479. The smallest absolute Gasteiger partial charge is 0.0546 e. The van der Waals surface area contributed by atoms with Crippen LogP contribution in [0.3, 0.4) is 0 Å². The van der Waals surface area contributed by atoms with E-state index in [0.29, 0.717) is 6.61 Å². The van der Waals surface area contributed by atoms with E-state index in [9.17, 15) is 5.11 Å². The predicted molar refractivity (Wildman–Crippen MR) is 46.1 cm³/mol. The Morgan fingerprint density at radius 3 is 2.92 bits per heavy atom. The number of aliphatic hydroxyl groups is 1. The molecule has 1 heterocycles. The maximum atomic E-state index is 9.18. The molecular formula is C9H18O3. The first-order valence-corrected chi connectivity index (χ1v) is 4.59. The normalized spacial score (nSPS) is 29.5. The monoisotopic (exact) mass is 174 g/mol. The van der Waals surface area contributed by atoms with Gasteiger partial charge in [0, 0.05) is 25.2 Å². The van der Waals surface area contributed by atoms with Gasteiger partial charge in [-0.3, -0.25) is 0 Å². The van der Waals surface area contributed by atoms with Crippen LogP contribution >= 0.6 is 0 Å². The highest BCUT2D eigenvalue weighted by Crippen LogP contribution is 2.31. The van der Waals surface area contributed by atoms with Gasteiger partial charge in [0.2, 0.25) is 0 Å². The molecule has 72 valence electrons. The standard InChI is InChI=1S/C9H18O3/c1-2-11-5-3-9(7-10)4-6-12-8-9/h10H,2-8H2,1H3. The molecule has 0 aromatic carbocycles. The zero-order valence-electron chi connectivity index (χ0n) is 7.71. The van der Waals surface area contributed by atoms with Gasteiger partial charge in [0.05, 0.1) is 13.2 Å². The quantitative estimate of drug-likeness (QED) is 0.627. The molecule has 1 atom stereocenters.